The lowest BCUT2D eigenvalue weighted by atomic mass is 10.0. The molecule has 2 amide bonds. The lowest BCUT2D eigenvalue weighted by Crippen LogP contribution is -2.49. The SMILES string of the molecule is Cc1ccc(Cl)c(NC(=O)N2CCCCC2C(=O)O)c1Cl. The van der Waals surface area contributed by atoms with Crippen LogP contribution in [0, 0.1) is 6.92 Å². The van der Waals surface area contributed by atoms with Crippen LogP contribution in [0.2, 0.25) is 10.0 Å². The van der Waals surface area contributed by atoms with Crippen molar-refractivity contribution in [2.45, 2.75) is 32.2 Å². The average Bonchev–Trinajstić information content (AvgIpc) is 2.47. The predicted octanol–water partition coefficient (Wildman–Crippen LogP) is 3.77. The Labute approximate surface area is 132 Å². The van der Waals surface area contributed by atoms with Crippen molar-refractivity contribution in [2.24, 2.45) is 0 Å². The Hall–Kier alpha value is -1.46. The van der Waals surface area contributed by atoms with Gasteiger partial charge in [-0.05, 0) is 37.8 Å². The van der Waals surface area contributed by atoms with E-state index in [1.807, 2.05) is 0 Å². The summed E-state index contributed by atoms with van der Waals surface area (Å²) in [5.74, 6) is -0.994. The van der Waals surface area contributed by atoms with Gasteiger partial charge in [-0.15, -0.1) is 0 Å². The van der Waals surface area contributed by atoms with Crippen molar-refractivity contribution >= 4 is 40.9 Å². The molecule has 1 saturated heterocycles. The molecule has 0 saturated carbocycles. The van der Waals surface area contributed by atoms with Crippen molar-refractivity contribution in [3.05, 3.63) is 27.7 Å². The van der Waals surface area contributed by atoms with Gasteiger partial charge in [-0.3, -0.25) is 0 Å². The van der Waals surface area contributed by atoms with Crippen LogP contribution in [0.5, 0.6) is 0 Å². The molecule has 7 heteroatoms. The molecule has 1 aromatic carbocycles. The number of aryl methyl sites for hydroxylation is 1. The summed E-state index contributed by atoms with van der Waals surface area (Å²) >= 11 is 12.2. The van der Waals surface area contributed by atoms with Crippen LogP contribution < -0.4 is 5.32 Å². The van der Waals surface area contributed by atoms with Crippen LogP contribution in [-0.2, 0) is 4.79 Å². The highest BCUT2D eigenvalue weighted by atomic mass is 35.5. The van der Waals surface area contributed by atoms with Gasteiger partial charge in [0.15, 0.2) is 0 Å². The van der Waals surface area contributed by atoms with E-state index < -0.39 is 18.0 Å². The third-order valence-corrected chi connectivity index (χ3v) is 4.37. The predicted molar refractivity (Wildman–Crippen MR) is 82.2 cm³/mol. The molecule has 1 atom stereocenters. The first-order chi connectivity index (χ1) is 9.91. The summed E-state index contributed by atoms with van der Waals surface area (Å²) in [5.41, 5.74) is 1.10. The third kappa shape index (κ3) is 3.41. The quantitative estimate of drug-likeness (QED) is 0.867. The maximum atomic E-state index is 12.3. The van der Waals surface area contributed by atoms with Gasteiger partial charge in [-0.2, -0.15) is 0 Å². The Morgan fingerprint density at radius 2 is 2.05 bits per heavy atom. The normalized spacial score (nSPS) is 18.4. The molecule has 1 aliphatic heterocycles. The molecule has 0 radical (unpaired) electrons. The van der Waals surface area contributed by atoms with Gasteiger partial charge in [0.05, 0.1) is 15.7 Å². The summed E-state index contributed by atoms with van der Waals surface area (Å²) in [6.45, 7) is 2.21. The summed E-state index contributed by atoms with van der Waals surface area (Å²) in [4.78, 5) is 24.9. The van der Waals surface area contributed by atoms with E-state index in [0.29, 0.717) is 28.7 Å². The molecule has 0 aliphatic carbocycles. The number of hydrogen-bond acceptors (Lipinski definition) is 2. The molecule has 0 bridgehead atoms. The number of piperidine rings is 1. The lowest BCUT2D eigenvalue weighted by Gasteiger charge is -2.33. The van der Waals surface area contributed by atoms with Crippen LogP contribution in [0.1, 0.15) is 24.8 Å². The molecule has 114 valence electrons. The van der Waals surface area contributed by atoms with Crippen molar-refractivity contribution in [2.75, 3.05) is 11.9 Å². The number of rotatable bonds is 2. The van der Waals surface area contributed by atoms with E-state index in [1.165, 1.54) is 4.90 Å². The second-order valence-corrected chi connectivity index (χ2v) is 5.81. The number of halogens is 2. The summed E-state index contributed by atoms with van der Waals surface area (Å²) in [7, 11) is 0. The number of carboxylic acids is 1. The lowest BCUT2D eigenvalue weighted by molar-refractivity contribution is -0.143. The van der Waals surface area contributed by atoms with Crippen LogP contribution in [-0.4, -0.2) is 34.6 Å². The number of hydrogen-bond donors (Lipinski definition) is 2. The summed E-state index contributed by atoms with van der Waals surface area (Å²) in [6, 6.07) is 2.10. The van der Waals surface area contributed by atoms with E-state index in [-0.39, 0.29) is 0 Å². The third-order valence-electron chi connectivity index (χ3n) is 3.56. The highest BCUT2D eigenvalue weighted by Gasteiger charge is 2.32. The molecule has 1 heterocycles. The molecule has 1 aliphatic rings. The monoisotopic (exact) mass is 330 g/mol. The number of carboxylic acid groups (broad SMARTS) is 1. The van der Waals surface area contributed by atoms with Gasteiger partial charge >= 0.3 is 12.0 Å². The van der Waals surface area contributed by atoms with E-state index in [9.17, 15) is 14.7 Å². The van der Waals surface area contributed by atoms with E-state index >= 15 is 0 Å². The minimum atomic E-state index is -0.994. The van der Waals surface area contributed by atoms with Gasteiger partial charge in [0.25, 0.3) is 0 Å². The second-order valence-electron chi connectivity index (χ2n) is 5.03. The molecular weight excluding hydrogens is 315 g/mol. The number of nitrogens with one attached hydrogen (secondary N) is 1. The maximum absolute atomic E-state index is 12.3. The first-order valence-electron chi connectivity index (χ1n) is 6.67. The fourth-order valence-corrected chi connectivity index (χ4v) is 2.85. The minimum absolute atomic E-state index is 0.318. The molecule has 0 aromatic heterocycles. The van der Waals surface area contributed by atoms with E-state index in [0.717, 1.165) is 18.4 Å². The van der Waals surface area contributed by atoms with E-state index in [2.05, 4.69) is 5.32 Å². The van der Waals surface area contributed by atoms with Crippen LogP contribution in [0.15, 0.2) is 12.1 Å². The molecule has 21 heavy (non-hydrogen) atoms. The number of likely N-dealkylation sites (tertiary alicyclic amines) is 1. The molecule has 2 N–H and O–H groups in total. The molecule has 1 unspecified atom stereocenters. The highest BCUT2D eigenvalue weighted by molar-refractivity contribution is 6.40. The van der Waals surface area contributed by atoms with Crippen LogP contribution in [0.25, 0.3) is 0 Å². The highest BCUT2D eigenvalue weighted by Crippen LogP contribution is 2.33. The minimum Gasteiger partial charge on any atom is -0.480 e. The van der Waals surface area contributed by atoms with E-state index in [4.69, 9.17) is 23.2 Å². The first kappa shape index (κ1) is 15.9. The van der Waals surface area contributed by atoms with Gasteiger partial charge in [0, 0.05) is 6.54 Å². The Morgan fingerprint density at radius 1 is 1.33 bits per heavy atom. The number of amides is 2. The Kier molecular flexibility index (Phi) is 4.96. The van der Waals surface area contributed by atoms with Crippen LogP contribution >= 0.6 is 23.2 Å². The van der Waals surface area contributed by atoms with Gasteiger partial charge in [-0.25, -0.2) is 9.59 Å². The van der Waals surface area contributed by atoms with Gasteiger partial charge in [0.2, 0.25) is 0 Å². The number of carbonyl (C=O) groups excluding carboxylic acids is 1. The Morgan fingerprint density at radius 3 is 2.71 bits per heavy atom. The Balaban J connectivity index is 2.21. The zero-order valence-electron chi connectivity index (χ0n) is 11.5. The summed E-state index contributed by atoms with van der Waals surface area (Å²) in [5, 5.41) is 12.5. The first-order valence-corrected chi connectivity index (χ1v) is 7.42. The van der Waals surface area contributed by atoms with Crippen LogP contribution in [0.3, 0.4) is 0 Å². The Bertz CT molecular complexity index is 578. The average molecular weight is 331 g/mol. The number of anilines is 1. The molecule has 1 fully saturated rings. The molecular formula is C14H16Cl2N2O3. The zero-order valence-corrected chi connectivity index (χ0v) is 13.0. The number of urea groups is 1. The van der Waals surface area contributed by atoms with Crippen molar-refractivity contribution < 1.29 is 14.7 Å². The van der Waals surface area contributed by atoms with Crippen molar-refractivity contribution in [1.82, 2.24) is 4.90 Å². The standard InChI is InChI=1S/C14H16Cl2N2O3/c1-8-5-6-9(15)12(11(8)16)17-14(21)18-7-3-2-4-10(18)13(19)20/h5-6,10H,2-4,7H2,1H3,(H,17,21)(H,19,20). The number of carbonyl (C=O) groups is 2. The zero-order chi connectivity index (χ0) is 15.6. The second kappa shape index (κ2) is 6.54. The molecule has 2 rings (SSSR count). The largest absolute Gasteiger partial charge is 0.480 e. The fraction of sp³-hybridized carbons (Fsp3) is 0.429. The summed E-state index contributed by atoms with van der Waals surface area (Å²) < 4.78 is 0. The van der Waals surface area contributed by atoms with Gasteiger partial charge in [0.1, 0.15) is 6.04 Å². The fourth-order valence-electron chi connectivity index (χ4n) is 2.38. The van der Waals surface area contributed by atoms with Crippen molar-refractivity contribution in [3.8, 4) is 0 Å². The van der Waals surface area contributed by atoms with E-state index in [1.54, 1.807) is 19.1 Å². The maximum Gasteiger partial charge on any atom is 0.326 e. The molecule has 0 spiro atoms. The van der Waals surface area contributed by atoms with Crippen molar-refractivity contribution in [1.29, 1.82) is 0 Å². The number of benzene rings is 1. The topological polar surface area (TPSA) is 69.6 Å². The van der Waals surface area contributed by atoms with Gasteiger partial charge < -0.3 is 15.3 Å². The van der Waals surface area contributed by atoms with Crippen LogP contribution in [0.4, 0.5) is 10.5 Å². The van der Waals surface area contributed by atoms with Gasteiger partial charge in [-0.1, -0.05) is 29.3 Å². The summed E-state index contributed by atoms with van der Waals surface area (Å²) in [6.07, 6.45) is 2.04. The number of aliphatic carboxylic acids is 1. The smallest absolute Gasteiger partial charge is 0.326 e. The van der Waals surface area contributed by atoms with Crippen molar-refractivity contribution in [3.63, 3.8) is 0 Å². The molecule has 5 nitrogen and oxygen atoms in total. The molecule has 1 aromatic rings. The number of nitrogens with zero attached hydrogens (tertiary/aromatic N) is 1.